The predicted octanol–water partition coefficient (Wildman–Crippen LogP) is 3.75. The first-order valence-corrected chi connectivity index (χ1v) is 7.22. The fourth-order valence-electron chi connectivity index (χ4n) is 2.12. The number of carbonyl (C=O) groups excluding carboxylic acids is 1. The highest BCUT2D eigenvalue weighted by molar-refractivity contribution is 6.01. The molecule has 0 radical (unpaired) electrons. The molecule has 0 unspecified atom stereocenters. The summed E-state index contributed by atoms with van der Waals surface area (Å²) in [6.45, 7) is 5.47. The van der Waals surface area contributed by atoms with Gasteiger partial charge >= 0.3 is 5.97 Å². The molecule has 0 aliphatic rings. The van der Waals surface area contributed by atoms with Crippen LogP contribution in [0.25, 0.3) is 5.57 Å². The number of carbonyl (C=O) groups is 1. The average Bonchev–Trinajstić information content (AvgIpc) is 2.48. The minimum atomic E-state index is -0.583. The molecule has 0 fully saturated rings. The maximum Gasteiger partial charge on any atom is 0.355 e. The molecule has 2 aromatic carbocycles. The van der Waals surface area contributed by atoms with Crippen molar-refractivity contribution in [3.05, 3.63) is 77.5 Å². The second-order valence-electron chi connectivity index (χ2n) is 6.02. The van der Waals surface area contributed by atoms with E-state index in [1.807, 2.05) is 81.4 Å². The van der Waals surface area contributed by atoms with Crippen molar-refractivity contribution in [2.45, 2.75) is 26.4 Å². The third kappa shape index (κ3) is 3.98. The molecule has 0 amide bonds. The summed E-state index contributed by atoms with van der Waals surface area (Å²) in [5.41, 5.74) is 8.14. The molecular weight excluding hydrogens is 274 g/mol. The molecule has 3 heteroatoms. The third-order valence-electron chi connectivity index (χ3n) is 3.01. The Morgan fingerprint density at radius 2 is 1.27 bits per heavy atom. The van der Waals surface area contributed by atoms with E-state index in [0.717, 1.165) is 11.1 Å². The van der Waals surface area contributed by atoms with Crippen LogP contribution in [0.2, 0.25) is 0 Å². The van der Waals surface area contributed by atoms with Crippen molar-refractivity contribution in [3.8, 4) is 0 Å². The van der Waals surface area contributed by atoms with E-state index in [0.29, 0.717) is 5.57 Å². The van der Waals surface area contributed by atoms with Crippen molar-refractivity contribution >= 4 is 11.5 Å². The quantitative estimate of drug-likeness (QED) is 0.693. The zero-order valence-electron chi connectivity index (χ0n) is 13.2. The molecule has 0 aromatic heterocycles. The van der Waals surface area contributed by atoms with Gasteiger partial charge in [0.05, 0.1) is 0 Å². The van der Waals surface area contributed by atoms with Gasteiger partial charge in [-0.25, -0.2) is 4.79 Å². The SMILES string of the molecule is CC(C)(C)OC(=O)C(N)=C(c1ccccc1)c1ccccc1. The van der Waals surface area contributed by atoms with Gasteiger partial charge in [-0.3, -0.25) is 0 Å². The average molecular weight is 295 g/mol. The van der Waals surface area contributed by atoms with Gasteiger partial charge in [0.25, 0.3) is 0 Å². The number of hydrogen-bond donors (Lipinski definition) is 1. The van der Waals surface area contributed by atoms with Crippen LogP contribution in [0.5, 0.6) is 0 Å². The zero-order chi connectivity index (χ0) is 16.2. The second-order valence-corrected chi connectivity index (χ2v) is 6.02. The Hall–Kier alpha value is -2.55. The Bertz CT molecular complexity index is 626. The summed E-state index contributed by atoms with van der Waals surface area (Å²) < 4.78 is 5.40. The minimum Gasteiger partial charge on any atom is -0.455 e. The standard InChI is InChI=1S/C19H21NO2/c1-19(2,3)22-18(21)17(20)16(14-10-6-4-7-11-14)15-12-8-5-9-13-15/h4-13H,20H2,1-3H3. The highest BCUT2D eigenvalue weighted by Crippen LogP contribution is 2.26. The molecule has 114 valence electrons. The lowest BCUT2D eigenvalue weighted by atomic mass is 9.96. The first-order valence-electron chi connectivity index (χ1n) is 7.22. The van der Waals surface area contributed by atoms with Crippen LogP contribution >= 0.6 is 0 Å². The van der Waals surface area contributed by atoms with Crippen LogP contribution in [0.15, 0.2) is 66.4 Å². The van der Waals surface area contributed by atoms with Crippen molar-refractivity contribution in [2.24, 2.45) is 5.73 Å². The molecule has 0 atom stereocenters. The summed E-state index contributed by atoms with van der Waals surface area (Å²) in [6, 6.07) is 19.2. The van der Waals surface area contributed by atoms with Gasteiger partial charge < -0.3 is 10.5 Å². The molecule has 0 saturated heterocycles. The van der Waals surface area contributed by atoms with Crippen molar-refractivity contribution < 1.29 is 9.53 Å². The summed E-state index contributed by atoms with van der Waals surface area (Å²) in [6.07, 6.45) is 0. The highest BCUT2D eigenvalue weighted by Gasteiger charge is 2.22. The van der Waals surface area contributed by atoms with Gasteiger partial charge in [-0.05, 0) is 31.9 Å². The summed E-state index contributed by atoms with van der Waals surface area (Å²) >= 11 is 0. The third-order valence-corrected chi connectivity index (χ3v) is 3.01. The summed E-state index contributed by atoms with van der Waals surface area (Å²) in [5, 5.41) is 0. The molecule has 0 aliphatic heterocycles. The normalized spacial score (nSPS) is 10.9. The van der Waals surface area contributed by atoms with E-state index in [9.17, 15) is 4.79 Å². The number of esters is 1. The Morgan fingerprint density at radius 3 is 1.64 bits per heavy atom. The summed E-state index contributed by atoms with van der Waals surface area (Å²) in [5.74, 6) is -0.504. The Labute approximate surface area is 131 Å². The van der Waals surface area contributed by atoms with Gasteiger partial charge in [0.1, 0.15) is 11.3 Å². The monoisotopic (exact) mass is 295 g/mol. The van der Waals surface area contributed by atoms with Crippen LogP contribution in [0.1, 0.15) is 31.9 Å². The van der Waals surface area contributed by atoms with Crippen LogP contribution < -0.4 is 5.73 Å². The van der Waals surface area contributed by atoms with Gasteiger partial charge in [0.2, 0.25) is 0 Å². The van der Waals surface area contributed by atoms with Crippen molar-refractivity contribution in [2.75, 3.05) is 0 Å². The molecule has 0 saturated carbocycles. The van der Waals surface area contributed by atoms with Gasteiger partial charge in [-0.15, -0.1) is 0 Å². The van der Waals surface area contributed by atoms with Gasteiger partial charge in [-0.1, -0.05) is 60.7 Å². The van der Waals surface area contributed by atoms with E-state index in [4.69, 9.17) is 10.5 Å². The van der Waals surface area contributed by atoms with E-state index >= 15 is 0 Å². The molecule has 2 aromatic rings. The summed E-state index contributed by atoms with van der Waals surface area (Å²) in [7, 11) is 0. The topological polar surface area (TPSA) is 52.3 Å². The zero-order valence-corrected chi connectivity index (χ0v) is 13.2. The van der Waals surface area contributed by atoms with E-state index in [2.05, 4.69) is 0 Å². The highest BCUT2D eigenvalue weighted by atomic mass is 16.6. The lowest BCUT2D eigenvalue weighted by Gasteiger charge is -2.21. The molecular formula is C19H21NO2. The molecule has 0 aliphatic carbocycles. The van der Waals surface area contributed by atoms with E-state index in [1.54, 1.807) is 0 Å². The maximum atomic E-state index is 12.3. The Morgan fingerprint density at radius 1 is 0.864 bits per heavy atom. The molecule has 3 nitrogen and oxygen atoms in total. The minimum absolute atomic E-state index is 0.118. The van der Waals surface area contributed by atoms with E-state index in [1.165, 1.54) is 0 Å². The Kier molecular flexibility index (Phi) is 4.66. The van der Waals surface area contributed by atoms with Crippen LogP contribution in [-0.2, 0) is 9.53 Å². The van der Waals surface area contributed by atoms with Crippen LogP contribution in [0.3, 0.4) is 0 Å². The molecule has 0 heterocycles. The smallest absolute Gasteiger partial charge is 0.355 e. The Balaban J connectivity index is 2.53. The molecule has 22 heavy (non-hydrogen) atoms. The number of ether oxygens (including phenoxy) is 1. The predicted molar refractivity (Wildman–Crippen MR) is 88.9 cm³/mol. The first kappa shape index (κ1) is 15.8. The summed E-state index contributed by atoms with van der Waals surface area (Å²) in [4.78, 5) is 12.3. The fraction of sp³-hybridized carbons (Fsp3) is 0.211. The largest absolute Gasteiger partial charge is 0.455 e. The second kappa shape index (κ2) is 6.48. The maximum absolute atomic E-state index is 12.3. The van der Waals surface area contributed by atoms with Crippen molar-refractivity contribution in [3.63, 3.8) is 0 Å². The number of benzene rings is 2. The first-order chi connectivity index (χ1) is 10.4. The van der Waals surface area contributed by atoms with Gasteiger partial charge in [0.15, 0.2) is 0 Å². The van der Waals surface area contributed by atoms with Crippen molar-refractivity contribution in [1.82, 2.24) is 0 Å². The van der Waals surface area contributed by atoms with Gasteiger partial charge in [0, 0.05) is 5.57 Å². The van der Waals surface area contributed by atoms with Crippen LogP contribution in [-0.4, -0.2) is 11.6 Å². The van der Waals surface area contributed by atoms with Crippen LogP contribution in [0.4, 0.5) is 0 Å². The fourth-order valence-corrected chi connectivity index (χ4v) is 2.12. The lowest BCUT2D eigenvalue weighted by Crippen LogP contribution is -2.28. The molecule has 2 N–H and O–H groups in total. The molecule has 0 bridgehead atoms. The van der Waals surface area contributed by atoms with E-state index < -0.39 is 11.6 Å². The molecule has 2 rings (SSSR count). The van der Waals surface area contributed by atoms with Crippen molar-refractivity contribution in [1.29, 1.82) is 0 Å². The van der Waals surface area contributed by atoms with Crippen LogP contribution in [0, 0.1) is 0 Å². The lowest BCUT2D eigenvalue weighted by molar-refractivity contribution is -0.149. The van der Waals surface area contributed by atoms with Gasteiger partial charge in [-0.2, -0.15) is 0 Å². The number of nitrogens with two attached hydrogens (primary N) is 1. The number of rotatable bonds is 3. The molecule has 0 spiro atoms. The van der Waals surface area contributed by atoms with E-state index in [-0.39, 0.29) is 5.70 Å². The number of hydrogen-bond acceptors (Lipinski definition) is 3.